The zero-order valence-electron chi connectivity index (χ0n) is 13.1. The molecule has 0 aliphatic rings. The number of benzene rings is 1. The third kappa shape index (κ3) is 3.56. The molecule has 3 heteroatoms. The first kappa shape index (κ1) is 16.2. The van der Waals surface area contributed by atoms with Crippen LogP contribution >= 0.6 is 0 Å². The molecule has 1 atom stereocenters. The Morgan fingerprint density at radius 2 is 1.89 bits per heavy atom. The van der Waals surface area contributed by atoms with Gasteiger partial charge in [-0.15, -0.1) is 0 Å². The summed E-state index contributed by atoms with van der Waals surface area (Å²) in [4.78, 5) is 2.13. The van der Waals surface area contributed by atoms with Crippen molar-refractivity contribution < 1.29 is 5.11 Å². The van der Waals surface area contributed by atoms with E-state index >= 15 is 0 Å². The normalized spacial score (nSPS) is 15.4. The Balaban J connectivity index is 3.40. The second-order valence-corrected chi connectivity index (χ2v) is 12.2. The zero-order chi connectivity index (χ0) is 14.8. The van der Waals surface area contributed by atoms with Gasteiger partial charge in [-0.05, 0) is 43.8 Å². The summed E-state index contributed by atoms with van der Waals surface area (Å²) in [5, 5.41) is 10.3. The van der Waals surface area contributed by atoms with E-state index in [1.54, 1.807) is 0 Å². The SMILES string of the molecule is C=Cc1ccc(CN(C)C)c(C(C)(O)[Si](C)(C)C)c1. The summed E-state index contributed by atoms with van der Waals surface area (Å²) in [6.07, 6.45) is 1.84. The van der Waals surface area contributed by atoms with Crippen LogP contribution in [0.1, 0.15) is 23.6 Å². The molecule has 0 spiro atoms. The molecule has 1 unspecified atom stereocenters. The lowest BCUT2D eigenvalue weighted by molar-refractivity contribution is 0.134. The lowest BCUT2D eigenvalue weighted by atomic mass is 9.99. The first-order chi connectivity index (χ1) is 8.59. The highest BCUT2D eigenvalue weighted by molar-refractivity contribution is 6.78. The van der Waals surface area contributed by atoms with Gasteiger partial charge < -0.3 is 10.0 Å². The Bertz CT molecular complexity index is 458. The van der Waals surface area contributed by atoms with Crippen molar-refractivity contribution in [2.24, 2.45) is 0 Å². The maximum atomic E-state index is 11.0. The van der Waals surface area contributed by atoms with Gasteiger partial charge in [0, 0.05) is 6.54 Å². The standard InChI is InChI=1S/C16H27NOSi/c1-8-13-9-10-14(12-17(3)4)15(11-13)16(2,18)19(5,6)7/h8-11,18H,1,12H2,2-7H3. The van der Waals surface area contributed by atoms with Gasteiger partial charge in [0.2, 0.25) is 0 Å². The van der Waals surface area contributed by atoms with E-state index in [1.807, 2.05) is 13.0 Å². The molecule has 0 saturated carbocycles. The van der Waals surface area contributed by atoms with Gasteiger partial charge in [-0.1, -0.05) is 44.4 Å². The smallest absolute Gasteiger partial charge is 0.0874 e. The van der Waals surface area contributed by atoms with Crippen molar-refractivity contribution in [3.63, 3.8) is 0 Å². The van der Waals surface area contributed by atoms with Gasteiger partial charge in [-0.2, -0.15) is 0 Å². The average Bonchev–Trinajstić information content (AvgIpc) is 2.27. The molecule has 19 heavy (non-hydrogen) atoms. The summed E-state index contributed by atoms with van der Waals surface area (Å²) in [6.45, 7) is 13.2. The Morgan fingerprint density at radius 1 is 1.32 bits per heavy atom. The number of nitrogens with zero attached hydrogens (tertiary/aromatic N) is 1. The average molecular weight is 277 g/mol. The second-order valence-electron chi connectivity index (χ2n) is 6.68. The zero-order valence-corrected chi connectivity index (χ0v) is 14.1. The van der Waals surface area contributed by atoms with Crippen molar-refractivity contribution >= 4 is 14.1 Å². The van der Waals surface area contributed by atoms with Crippen LogP contribution in [0.3, 0.4) is 0 Å². The molecule has 1 aromatic rings. The van der Waals surface area contributed by atoms with Crippen molar-refractivity contribution in [2.75, 3.05) is 14.1 Å². The van der Waals surface area contributed by atoms with Crippen molar-refractivity contribution in [2.45, 2.75) is 38.3 Å². The largest absolute Gasteiger partial charge is 0.389 e. The molecule has 2 nitrogen and oxygen atoms in total. The van der Waals surface area contributed by atoms with Crippen molar-refractivity contribution in [3.05, 3.63) is 41.5 Å². The number of rotatable bonds is 5. The molecule has 0 bridgehead atoms. The van der Waals surface area contributed by atoms with Crippen LogP contribution in [0.4, 0.5) is 0 Å². The summed E-state index contributed by atoms with van der Waals surface area (Å²) >= 11 is 0. The molecule has 0 aromatic heterocycles. The van der Waals surface area contributed by atoms with Crippen LogP contribution in [0.5, 0.6) is 0 Å². The van der Waals surface area contributed by atoms with Gasteiger partial charge in [0.1, 0.15) is 0 Å². The summed E-state index contributed by atoms with van der Waals surface area (Å²) in [6, 6.07) is 6.26. The first-order valence-corrected chi connectivity index (χ1v) is 10.2. The van der Waals surface area contributed by atoms with Crippen LogP contribution in [0.15, 0.2) is 24.8 Å². The fourth-order valence-electron chi connectivity index (χ4n) is 2.06. The van der Waals surface area contributed by atoms with Gasteiger partial charge in [0.25, 0.3) is 0 Å². The van der Waals surface area contributed by atoms with E-state index in [1.165, 1.54) is 5.56 Å². The van der Waals surface area contributed by atoms with Crippen LogP contribution in [-0.2, 0) is 11.8 Å². The molecule has 0 radical (unpaired) electrons. The van der Waals surface area contributed by atoms with Crippen LogP contribution in [-0.4, -0.2) is 32.2 Å². The number of hydrogen-bond donors (Lipinski definition) is 1. The molecule has 0 aliphatic carbocycles. The number of hydrogen-bond acceptors (Lipinski definition) is 2. The molecule has 106 valence electrons. The molecule has 0 fully saturated rings. The highest BCUT2D eigenvalue weighted by atomic mass is 28.3. The minimum absolute atomic E-state index is 0.739. The van der Waals surface area contributed by atoms with E-state index in [0.717, 1.165) is 17.7 Å². The van der Waals surface area contributed by atoms with Crippen molar-refractivity contribution in [1.82, 2.24) is 4.90 Å². The van der Waals surface area contributed by atoms with Crippen LogP contribution < -0.4 is 0 Å². The monoisotopic (exact) mass is 277 g/mol. The Morgan fingerprint density at radius 3 is 2.32 bits per heavy atom. The summed E-state index contributed by atoms with van der Waals surface area (Å²) in [5.74, 6) is 0. The molecule has 0 amide bonds. The third-order valence-corrected chi connectivity index (χ3v) is 7.03. The second kappa shape index (κ2) is 5.61. The van der Waals surface area contributed by atoms with E-state index in [9.17, 15) is 5.11 Å². The maximum absolute atomic E-state index is 11.0. The van der Waals surface area contributed by atoms with Crippen molar-refractivity contribution in [1.29, 1.82) is 0 Å². The van der Waals surface area contributed by atoms with Gasteiger partial charge in [-0.3, -0.25) is 0 Å². The summed E-state index contributed by atoms with van der Waals surface area (Å²) < 4.78 is 0. The van der Waals surface area contributed by atoms with Gasteiger partial charge in [-0.25, -0.2) is 0 Å². The Hall–Kier alpha value is -0.903. The predicted octanol–water partition coefficient (Wildman–Crippen LogP) is 3.48. The minimum Gasteiger partial charge on any atom is -0.389 e. The Labute approximate surface area is 118 Å². The van der Waals surface area contributed by atoms with Crippen LogP contribution in [0.25, 0.3) is 6.08 Å². The van der Waals surface area contributed by atoms with Gasteiger partial charge in [0.05, 0.1) is 13.3 Å². The van der Waals surface area contributed by atoms with E-state index in [0.29, 0.717) is 0 Å². The predicted molar refractivity (Wildman–Crippen MR) is 86.8 cm³/mol. The van der Waals surface area contributed by atoms with Gasteiger partial charge in [0.15, 0.2) is 0 Å². The molecular formula is C16H27NOSi. The van der Waals surface area contributed by atoms with Gasteiger partial charge >= 0.3 is 0 Å². The molecule has 0 saturated heterocycles. The third-order valence-electron chi connectivity index (χ3n) is 3.84. The maximum Gasteiger partial charge on any atom is 0.0874 e. The minimum atomic E-state index is -1.74. The van der Waals surface area contributed by atoms with Crippen LogP contribution in [0.2, 0.25) is 19.6 Å². The molecule has 1 aromatic carbocycles. The Kier molecular flexibility index (Phi) is 4.77. The van der Waals surface area contributed by atoms with E-state index in [2.05, 4.69) is 63.4 Å². The molecule has 1 rings (SSSR count). The highest BCUT2D eigenvalue weighted by Crippen LogP contribution is 2.34. The number of aliphatic hydroxyl groups is 1. The molecule has 0 heterocycles. The highest BCUT2D eigenvalue weighted by Gasteiger charge is 2.40. The van der Waals surface area contributed by atoms with Crippen LogP contribution in [0, 0.1) is 0 Å². The first-order valence-electron chi connectivity index (χ1n) is 6.72. The summed E-state index contributed by atoms with van der Waals surface area (Å²) in [5.41, 5.74) is 3.32. The molecule has 0 aliphatic heterocycles. The fraction of sp³-hybridized carbons (Fsp3) is 0.500. The lowest BCUT2D eigenvalue weighted by Crippen LogP contribution is -2.47. The fourth-order valence-corrected chi connectivity index (χ4v) is 3.10. The van der Waals surface area contributed by atoms with E-state index < -0.39 is 13.3 Å². The summed E-state index contributed by atoms with van der Waals surface area (Å²) in [7, 11) is 2.36. The lowest BCUT2D eigenvalue weighted by Gasteiger charge is -2.38. The van der Waals surface area contributed by atoms with Crippen molar-refractivity contribution in [3.8, 4) is 0 Å². The molecular weight excluding hydrogens is 250 g/mol. The molecule has 1 N–H and O–H groups in total. The van der Waals surface area contributed by atoms with E-state index in [-0.39, 0.29) is 0 Å². The van der Waals surface area contributed by atoms with E-state index in [4.69, 9.17) is 0 Å². The quantitative estimate of drug-likeness (QED) is 0.833. The topological polar surface area (TPSA) is 23.5 Å².